The molecule has 2 aromatic carbocycles. The van der Waals surface area contributed by atoms with E-state index >= 15 is 0 Å². The van der Waals surface area contributed by atoms with Crippen LogP contribution < -0.4 is 4.90 Å². The lowest BCUT2D eigenvalue weighted by Gasteiger charge is -2.13. The fourth-order valence-corrected chi connectivity index (χ4v) is 2.53. The van der Waals surface area contributed by atoms with Gasteiger partial charge in [-0.25, -0.2) is 4.90 Å². The summed E-state index contributed by atoms with van der Waals surface area (Å²) in [5.41, 5.74) is 1.00. The minimum absolute atomic E-state index is 0.245. The topological polar surface area (TPSA) is 37.4 Å². The predicted molar refractivity (Wildman–Crippen MR) is 74.0 cm³/mol. The van der Waals surface area contributed by atoms with Gasteiger partial charge >= 0.3 is 0 Å². The zero-order valence-electron chi connectivity index (χ0n) is 9.56. The molecule has 3 rings (SSSR count). The van der Waals surface area contributed by atoms with E-state index in [1.54, 1.807) is 42.5 Å². The molecule has 3 nitrogen and oxygen atoms in total. The summed E-state index contributed by atoms with van der Waals surface area (Å²) in [6.07, 6.45) is 0. The van der Waals surface area contributed by atoms with Gasteiger partial charge in [0.15, 0.2) is 0 Å². The molecule has 0 saturated carbocycles. The molecule has 0 saturated heterocycles. The van der Waals surface area contributed by atoms with E-state index in [1.165, 1.54) is 0 Å². The Balaban J connectivity index is 2.16. The van der Waals surface area contributed by atoms with Gasteiger partial charge in [-0.3, -0.25) is 9.59 Å². The molecule has 0 bridgehead atoms. The van der Waals surface area contributed by atoms with Gasteiger partial charge in [-0.05, 0) is 30.3 Å². The smallest absolute Gasteiger partial charge is 0.267 e. The van der Waals surface area contributed by atoms with Gasteiger partial charge in [0, 0.05) is 5.02 Å². The van der Waals surface area contributed by atoms with E-state index in [0.717, 1.165) is 4.90 Å². The molecular weight excluding hydrogens is 285 g/mol. The molecule has 0 unspecified atom stereocenters. The second kappa shape index (κ2) is 4.37. The van der Waals surface area contributed by atoms with Crippen LogP contribution in [0.3, 0.4) is 0 Å². The molecule has 5 heteroatoms. The number of fused-ring (bicyclic) bond motifs is 1. The minimum atomic E-state index is -0.423. The Hall–Kier alpha value is -1.84. The number of amides is 2. The van der Waals surface area contributed by atoms with Gasteiger partial charge in [0.2, 0.25) is 0 Å². The lowest BCUT2D eigenvalue weighted by atomic mass is 10.1. The van der Waals surface area contributed by atoms with Crippen LogP contribution in [0.4, 0.5) is 5.69 Å². The Morgan fingerprint density at radius 1 is 0.895 bits per heavy atom. The number of nitrogens with zero attached hydrogens (tertiary/aromatic N) is 1. The quantitative estimate of drug-likeness (QED) is 0.750. The molecule has 0 spiro atoms. The highest BCUT2D eigenvalue weighted by molar-refractivity contribution is 6.42. The maximum atomic E-state index is 12.3. The Morgan fingerprint density at radius 3 is 2.32 bits per heavy atom. The normalized spacial score (nSPS) is 13.9. The monoisotopic (exact) mass is 291 g/mol. The van der Waals surface area contributed by atoms with E-state index in [0.29, 0.717) is 16.3 Å². The van der Waals surface area contributed by atoms with Crippen molar-refractivity contribution in [3.05, 3.63) is 63.6 Å². The summed E-state index contributed by atoms with van der Waals surface area (Å²) in [6, 6.07) is 11.4. The van der Waals surface area contributed by atoms with Crippen LogP contribution in [0.25, 0.3) is 0 Å². The average Bonchev–Trinajstić information content (AvgIpc) is 2.63. The second-order valence-corrected chi connectivity index (χ2v) is 4.93. The number of hydrogen-bond acceptors (Lipinski definition) is 2. The van der Waals surface area contributed by atoms with Gasteiger partial charge in [0.05, 0.1) is 21.8 Å². The highest BCUT2D eigenvalue weighted by Gasteiger charge is 2.38. The van der Waals surface area contributed by atoms with E-state index in [9.17, 15) is 9.59 Å². The van der Waals surface area contributed by atoms with Crippen molar-refractivity contribution in [2.45, 2.75) is 0 Å². The summed E-state index contributed by atoms with van der Waals surface area (Å²) >= 11 is 11.9. The first-order valence-electron chi connectivity index (χ1n) is 5.52. The summed E-state index contributed by atoms with van der Waals surface area (Å²) in [5.74, 6) is -0.808. The summed E-state index contributed by atoms with van der Waals surface area (Å²) in [4.78, 5) is 25.7. The van der Waals surface area contributed by atoms with Crippen molar-refractivity contribution in [2.75, 3.05) is 4.90 Å². The van der Waals surface area contributed by atoms with E-state index in [-0.39, 0.29) is 16.5 Å². The zero-order valence-corrected chi connectivity index (χ0v) is 11.1. The van der Waals surface area contributed by atoms with Crippen LogP contribution in [-0.2, 0) is 0 Å². The van der Waals surface area contributed by atoms with Crippen molar-refractivity contribution < 1.29 is 9.59 Å². The molecule has 0 fully saturated rings. The van der Waals surface area contributed by atoms with Crippen LogP contribution in [0.2, 0.25) is 10.0 Å². The summed E-state index contributed by atoms with van der Waals surface area (Å²) in [5, 5.41) is 0.737. The summed E-state index contributed by atoms with van der Waals surface area (Å²) < 4.78 is 0. The molecule has 0 aromatic heterocycles. The van der Waals surface area contributed by atoms with Crippen molar-refractivity contribution in [2.24, 2.45) is 0 Å². The van der Waals surface area contributed by atoms with Gasteiger partial charge in [0.1, 0.15) is 0 Å². The molecule has 2 amide bonds. The van der Waals surface area contributed by atoms with Crippen LogP contribution >= 0.6 is 23.2 Å². The highest BCUT2D eigenvalue weighted by atomic mass is 35.5. The first-order chi connectivity index (χ1) is 9.09. The molecule has 94 valence electrons. The lowest BCUT2D eigenvalue weighted by molar-refractivity contribution is 0.0926. The van der Waals surface area contributed by atoms with E-state index in [1.807, 2.05) is 0 Å². The van der Waals surface area contributed by atoms with Crippen molar-refractivity contribution >= 4 is 40.7 Å². The third-order valence-corrected chi connectivity index (χ3v) is 3.48. The standard InChI is InChI=1S/C14H7Cl2NO2/c15-8-3-1-4-9(7-8)17-13(18)10-5-2-6-11(16)12(10)14(17)19/h1-7H. The fourth-order valence-electron chi connectivity index (χ4n) is 2.09. The van der Waals surface area contributed by atoms with Gasteiger partial charge in [-0.15, -0.1) is 0 Å². The maximum Gasteiger partial charge on any atom is 0.267 e. The number of halogens is 2. The SMILES string of the molecule is O=C1c2cccc(Cl)c2C(=O)N1c1cccc(Cl)c1. The van der Waals surface area contributed by atoms with Gasteiger partial charge < -0.3 is 0 Å². The average molecular weight is 292 g/mol. The molecule has 0 radical (unpaired) electrons. The fraction of sp³-hybridized carbons (Fsp3) is 0. The molecule has 0 N–H and O–H groups in total. The van der Waals surface area contributed by atoms with E-state index in [4.69, 9.17) is 23.2 Å². The summed E-state index contributed by atoms with van der Waals surface area (Å²) in [7, 11) is 0. The first kappa shape index (κ1) is 12.2. The molecule has 2 aromatic rings. The number of hydrogen-bond donors (Lipinski definition) is 0. The van der Waals surface area contributed by atoms with Gasteiger partial charge in [-0.2, -0.15) is 0 Å². The van der Waals surface area contributed by atoms with Crippen LogP contribution in [0, 0.1) is 0 Å². The Morgan fingerprint density at radius 2 is 1.63 bits per heavy atom. The number of carbonyl (C=O) groups excluding carboxylic acids is 2. The van der Waals surface area contributed by atoms with Crippen LogP contribution in [-0.4, -0.2) is 11.8 Å². The third kappa shape index (κ3) is 1.82. The van der Waals surface area contributed by atoms with Gasteiger partial charge in [0.25, 0.3) is 11.8 Å². The van der Waals surface area contributed by atoms with Crippen molar-refractivity contribution in [1.29, 1.82) is 0 Å². The number of carbonyl (C=O) groups is 2. The van der Waals surface area contributed by atoms with E-state index in [2.05, 4.69) is 0 Å². The van der Waals surface area contributed by atoms with E-state index < -0.39 is 5.91 Å². The zero-order chi connectivity index (χ0) is 13.6. The number of benzene rings is 2. The van der Waals surface area contributed by atoms with Crippen molar-refractivity contribution in [1.82, 2.24) is 0 Å². The predicted octanol–water partition coefficient (Wildman–Crippen LogP) is 3.79. The largest absolute Gasteiger partial charge is 0.268 e. The Bertz CT molecular complexity index is 712. The molecule has 0 atom stereocenters. The third-order valence-electron chi connectivity index (χ3n) is 2.93. The Labute approximate surface area is 119 Å². The number of rotatable bonds is 1. The lowest BCUT2D eigenvalue weighted by Crippen LogP contribution is -2.29. The molecule has 0 aliphatic carbocycles. The molecular formula is C14H7Cl2NO2. The Kier molecular flexibility index (Phi) is 2.81. The molecule has 1 aliphatic heterocycles. The highest BCUT2D eigenvalue weighted by Crippen LogP contribution is 2.33. The molecule has 1 heterocycles. The van der Waals surface area contributed by atoms with Crippen LogP contribution in [0.1, 0.15) is 20.7 Å². The molecule has 1 aliphatic rings. The summed E-state index contributed by atoms with van der Waals surface area (Å²) in [6.45, 7) is 0. The minimum Gasteiger partial charge on any atom is -0.268 e. The van der Waals surface area contributed by atoms with Crippen molar-refractivity contribution in [3.8, 4) is 0 Å². The van der Waals surface area contributed by atoms with Gasteiger partial charge in [-0.1, -0.05) is 35.3 Å². The number of anilines is 1. The maximum absolute atomic E-state index is 12.3. The first-order valence-corrected chi connectivity index (χ1v) is 6.28. The second-order valence-electron chi connectivity index (χ2n) is 4.09. The van der Waals surface area contributed by atoms with Crippen LogP contribution in [0.5, 0.6) is 0 Å². The number of imide groups is 1. The molecule has 19 heavy (non-hydrogen) atoms. The van der Waals surface area contributed by atoms with Crippen molar-refractivity contribution in [3.63, 3.8) is 0 Å². The van der Waals surface area contributed by atoms with Crippen LogP contribution in [0.15, 0.2) is 42.5 Å².